The number of hydrogen-bond donors (Lipinski definition) is 0. The Morgan fingerprint density at radius 3 is 2.19 bits per heavy atom. The van der Waals surface area contributed by atoms with Crippen LogP contribution in [0, 0.1) is 5.82 Å². The normalized spacial score (nSPS) is 10.9. The van der Waals surface area contributed by atoms with Crippen LogP contribution in [0.1, 0.15) is 37.9 Å². The van der Waals surface area contributed by atoms with Gasteiger partial charge >= 0.3 is 0 Å². The van der Waals surface area contributed by atoms with Crippen molar-refractivity contribution in [3.8, 4) is 5.69 Å². The smallest absolute Gasteiger partial charge is 0.156 e. The van der Waals surface area contributed by atoms with E-state index in [0.717, 1.165) is 48.7 Å². The van der Waals surface area contributed by atoms with Gasteiger partial charge in [0.25, 0.3) is 0 Å². The van der Waals surface area contributed by atoms with E-state index in [0.29, 0.717) is 6.42 Å². The average molecular weight is 352 g/mol. The topological polar surface area (TPSA) is 34.0 Å². The van der Waals surface area contributed by atoms with Crippen molar-refractivity contribution >= 4 is 5.82 Å². The van der Waals surface area contributed by atoms with Crippen LogP contribution in [0.15, 0.2) is 54.6 Å². The van der Waals surface area contributed by atoms with E-state index < -0.39 is 0 Å². The first kappa shape index (κ1) is 18.1. The SMILES string of the molecule is CCCN(CCC)c1c(Cc2ccc(F)cc2)nnn1-c1ccccc1. The largest absolute Gasteiger partial charge is 0.355 e. The van der Waals surface area contributed by atoms with Crippen molar-refractivity contribution in [2.75, 3.05) is 18.0 Å². The number of aromatic nitrogens is 3. The third-order valence-corrected chi connectivity index (χ3v) is 4.29. The summed E-state index contributed by atoms with van der Waals surface area (Å²) in [6, 6.07) is 16.7. The van der Waals surface area contributed by atoms with Crippen molar-refractivity contribution in [2.45, 2.75) is 33.1 Å². The van der Waals surface area contributed by atoms with E-state index in [-0.39, 0.29) is 5.82 Å². The molecule has 0 saturated heterocycles. The zero-order chi connectivity index (χ0) is 18.4. The lowest BCUT2D eigenvalue weighted by Crippen LogP contribution is -2.28. The molecule has 0 aliphatic carbocycles. The Hall–Kier alpha value is -2.69. The first-order chi connectivity index (χ1) is 12.7. The standard InChI is InChI=1S/C21H25FN4/c1-3-14-25(15-4-2)21-20(16-17-10-12-18(22)13-11-17)23-24-26(21)19-8-6-5-7-9-19/h5-13H,3-4,14-16H2,1-2H3. The molecule has 0 saturated carbocycles. The maximum atomic E-state index is 13.2. The summed E-state index contributed by atoms with van der Waals surface area (Å²) < 4.78 is 15.1. The summed E-state index contributed by atoms with van der Waals surface area (Å²) >= 11 is 0. The number of hydrogen-bond acceptors (Lipinski definition) is 3. The predicted molar refractivity (Wildman–Crippen MR) is 103 cm³/mol. The van der Waals surface area contributed by atoms with Crippen LogP contribution in [-0.2, 0) is 6.42 Å². The minimum atomic E-state index is -0.222. The van der Waals surface area contributed by atoms with E-state index in [1.807, 2.05) is 47.1 Å². The van der Waals surface area contributed by atoms with Crippen LogP contribution in [0.4, 0.5) is 10.2 Å². The third kappa shape index (κ3) is 4.10. The highest BCUT2D eigenvalue weighted by Gasteiger charge is 2.20. The minimum Gasteiger partial charge on any atom is -0.355 e. The van der Waals surface area contributed by atoms with Crippen LogP contribution in [-0.4, -0.2) is 28.1 Å². The van der Waals surface area contributed by atoms with E-state index in [1.54, 1.807) is 0 Å². The van der Waals surface area contributed by atoms with Crippen molar-refractivity contribution < 1.29 is 4.39 Å². The number of halogens is 1. The molecule has 2 aromatic carbocycles. The van der Waals surface area contributed by atoms with Crippen LogP contribution in [0.3, 0.4) is 0 Å². The lowest BCUT2D eigenvalue weighted by Gasteiger charge is -2.25. The fourth-order valence-electron chi connectivity index (χ4n) is 3.14. The predicted octanol–water partition coefficient (Wildman–Crippen LogP) is 4.62. The highest BCUT2D eigenvalue weighted by atomic mass is 19.1. The number of anilines is 1. The molecule has 136 valence electrons. The summed E-state index contributed by atoms with van der Waals surface area (Å²) in [5.74, 6) is 0.810. The highest BCUT2D eigenvalue weighted by Crippen LogP contribution is 2.25. The van der Waals surface area contributed by atoms with Crippen LogP contribution in [0.2, 0.25) is 0 Å². The second-order valence-electron chi connectivity index (χ2n) is 6.40. The molecule has 0 bridgehead atoms. The number of nitrogens with zero attached hydrogens (tertiary/aromatic N) is 4. The molecule has 5 heteroatoms. The molecule has 1 heterocycles. The van der Waals surface area contributed by atoms with E-state index in [2.05, 4.69) is 29.1 Å². The molecule has 0 spiro atoms. The summed E-state index contributed by atoms with van der Waals surface area (Å²) in [5, 5.41) is 8.91. The van der Waals surface area contributed by atoms with Gasteiger partial charge in [-0.25, -0.2) is 4.39 Å². The van der Waals surface area contributed by atoms with Crippen LogP contribution in [0.25, 0.3) is 5.69 Å². The summed E-state index contributed by atoms with van der Waals surface area (Å²) in [5.41, 5.74) is 2.95. The van der Waals surface area contributed by atoms with Crippen molar-refractivity contribution in [3.63, 3.8) is 0 Å². The highest BCUT2D eigenvalue weighted by molar-refractivity contribution is 5.51. The molecule has 0 aliphatic heterocycles. The van der Waals surface area contributed by atoms with Gasteiger partial charge in [0.2, 0.25) is 0 Å². The van der Waals surface area contributed by atoms with Crippen LogP contribution < -0.4 is 4.90 Å². The molecule has 0 radical (unpaired) electrons. The Bertz CT molecular complexity index is 806. The molecule has 0 atom stereocenters. The fourth-order valence-corrected chi connectivity index (χ4v) is 3.14. The van der Waals surface area contributed by atoms with Gasteiger partial charge in [0.1, 0.15) is 11.5 Å². The second-order valence-corrected chi connectivity index (χ2v) is 6.40. The molecular weight excluding hydrogens is 327 g/mol. The Kier molecular flexibility index (Phi) is 6.00. The lowest BCUT2D eigenvalue weighted by atomic mass is 10.1. The van der Waals surface area contributed by atoms with Crippen molar-refractivity contribution in [1.82, 2.24) is 15.0 Å². The number of para-hydroxylation sites is 1. The summed E-state index contributed by atoms with van der Waals surface area (Å²) in [6.45, 7) is 6.26. The molecule has 0 fully saturated rings. The molecule has 4 nitrogen and oxygen atoms in total. The molecule has 0 unspecified atom stereocenters. The van der Waals surface area contributed by atoms with Crippen molar-refractivity contribution in [3.05, 3.63) is 71.7 Å². The van der Waals surface area contributed by atoms with Gasteiger partial charge in [-0.2, -0.15) is 4.68 Å². The zero-order valence-electron chi connectivity index (χ0n) is 15.4. The van der Waals surface area contributed by atoms with Crippen LogP contribution in [0.5, 0.6) is 0 Å². The number of benzene rings is 2. The van der Waals surface area contributed by atoms with Gasteiger partial charge in [-0.05, 0) is 42.7 Å². The summed E-state index contributed by atoms with van der Waals surface area (Å²) in [7, 11) is 0. The fraction of sp³-hybridized carbons (Fsp3) is 0.333. The molecule has 0 N–H and O–H groups in total. The van der Waals surface area contributed by atoms with Gasteiger partial charge in [0, 0.05) is 19.5 Å². The summed E-state index contributed by atoms with van der Waals surface area (Å²) in [6.07, 6.45) is 2.73. The van der Waals surface area contributed by atoms with E-state index in [1.165, 1.54) is 12.1 Å². The van der Waals surface area contributed by atoms with Crippen LogP contribution >= 0.6 is 0 Å². The molecule has 3 rings (SSSR count). The van der Waals surface area contributed by atoms with Gasteiger partial charge < -0.3 is 4.90 Å². The van der Waals surface area contributed by atoms with E-state index >= 15 is 0 Å². The molecule has 1 aromatic heterocycles. The Morgan fingerprint density at radius 2 is 1.58 bits per heavy atom. The number of rotatable bonds is 8. The third-order valence-electron chi connectivity index (χ3n) is 4.29. The first-order valence-electron chi connectivity index (χ1n) is 9.22. The molecule has 0 aliphatic rings. The van der Waals surface area contributed by atoms with Gasteiger partial charge in [-0.1, -0.05) is 49.4 Å². The molecular formula is C21H25FN4. The molecule has 3 aromatic rings. The van der Waals surface area contributed by atoms with Crippen molar-refractivity contribution in [1.29, 1.82) is 0 Å². The Balaban J connectivity index is 2.02. The molecule has 26 heavy (non-hydrogen) atoms. The Labute approximate surface area is 154 Å². The maximum absolute atomic E-state index is 13.2. The lowest BCUT2D eigenvalue weighted by molar-refractivity contribution is 0.627. The summed E-state index contributed by atoms with van der Waals surface area (Å²) in [4.78, 5) is 2.35. The Morgan fingerprint density at radius 1 is 0.923 bits per heavy atom. The average Bonchev–Trinajstić information content (AvgIpc) is 3.07. The quantitative estimate of drug-likeness (QED) is 0.593. The molecule has 0 amide bonds. The van der Waals surface area contributed by atoms with E-state index in [9.17, 15) is 4.39 Å². The minimum absolute atomic E-state index is 0.222. The second kappa shape index (κ2) is 8.61. The van der Waals surface area contributed by atoms with Gasteiger partial charge in [-0.3, -0.25) is 0 Å². The zero-order valence-corrected chi connectivity index (χ0v) is 15.4. The maximum Gasteiger partial charge on any atom is 0.156 e. The monoisotopic (exact) mass is 352 g/mol. The van der Waals surface area contributed by atoms with Gasteiger partial charge in [0.15, 0.2) is 5.82 Å². The first-order valence-corrected chi connectivity index (χ1v) is 9.22. The van der Waals surface area contributed by atoms with Gasteiger partial charge in [-0.15, -0.1) is 5.10 Å². The van der Waals surface area contributed by atoms with E-state index in [4.69, 9.17) is 0 Å². The van der Waals surface area contributed by atoms with Crippen molar-refractivity contribution in [2.24, 2.45) is 0 Å². The van der Waals surface area contributed by atoms with Gasteiger partial charge in [0.05, 0.1) is 5.69 Å².